The van der Waals surface area contributed by atoms with E-state index in [2.05, 4.69) is 77.7 Å². The molecule has 2 heterocycles. The van der Waals surface area contributed by atoms with E-state index in [9.17, 15) is 9.59 Å². The fourth-order valence-corrected chi connectivity index (χ4v) is 4.65. The van der Waals surface area contributed by atoms with Crippen LogP contribution < -0.4 is 9.47 Å². The maximum atomic E-state index is 9.55. The van der Waals surface area contributed by atoms with Gasteiger partial charge in [0.25, 0.3) is 0 Å². The molecule has 0 aliphatic carbocycles. The lowest BCUT2D eigenvalue weighted by Gasteiger charge is -2.35. The second-order valence-electron chi connectivity index (χ2n) is 9.35. The van der Waals surface area contributed by atoms with E-state index in [0.29, 0.717) is 18.9 Å². The Labute approximate surface area is 228 Å². The molecule has 204 valence electrons. The SMILES string of the molecule is O=C(O)C=CC(=O)O.c1ccc(C(OC2CCCN(CCc3ccc4c(c3)OCO4)C2)c2ccccc2)cc1. The van der Waals surface area contributed by atoms with E-state index >= 15 is 0 Å². The van der Waals surface area contributed by atoms with Gasteiger partial charge in [-0.3, -0.25) is 0 Å². The molecule has 0 aromatic heterocycles. The van der Waals surface area contributed by atoms with Crippen molar-refractivity contribution in [2.75, 3.05) is 26.4 Å². The van der Waals surface area contributed by atoms with Gasteiger partial charge in [0, 0.05) is 25.2 Å². The Morgan fingerprint density at radius 1 is 0.897 bits per heavy atom. The van der Waals surface area contributed by atoms with Gasteiger partial charge in [-0.1, -0.05) is 66.7 Å². The molecule has 3 aromatic rings. The van der Waals surface area contributed by atoms with Crippen LogP contribution in [-0.2, 0) is 20.7 Å². The average Bonchev–Trinajstić information content (AvgIpc) is 3.43. The Bertz CT molecular complexity index is 1190. The number of aliphatic carboxylic acids is 2. The monoisotopic (exact) mass is 531 g/mol. The number of carbonyl (C=O) groups is 2. The maximum Gasteiger partial charge on any atom is 0.328 e. The predicted octanol–water partition coefficient (Wildman–Crippen LogP) is 4.94. The van der Waals surface area contributed by atoms with Crippen LogP contribution in [0.4, 0.5) is 0 Å². The second-order valence-corrected chi connectivity index (χ2v) is 9.35. The molecule has 39 heavy (non-hydrogen) atoms. The molecule has 2 aliphatic rings. The van der Waals surface area contributed by atoms with Gasteiger partial charge in [0.05, 0.1) is 6.10 Å². The number of piperidine rings is 1. The van der Waals surface area contributed by atoms with Crippen molar-refractivity contribution in [3.05, 3.63) is 108 Å². The summed E-state index contributed by atoms with van der Waals surface area (Å²) in [5, 5.41) is 15.6. The molecular weight excluding hydrogens is 498 g/mol. The topological polar surface area (TPSA) is 106 Å². The highest BCUT2D eigenvalue weighted by Crippen LogP contribution is 2.33. The van der Waals surface area contributed by atoms with Gasteiger partial charge in [-0.2, -0.15) is 0 Å². The lowest BCUT2D eigenvalue weighted by Crippen LogP contribution is -2.41. The van der Waals surface area contributed by atoms with Gasteiger partial charge in [-0.05, 0) is 54.6 Å². The van der Waals surface area contributed by atoms with Crippen LogP contribution >= 0.6 is 0 Å². The number of benzene rings is 3. The third-order valence-electron chi connectivity index (χ3n) is 6.52. The van der Waals surface area contributed by atoms with Crippen molar-refractivity contribution in [1.29, 1.82) is 0 Å². The fourth-order valence-electron chi connectivity index (χ4n) is 4.65. The second kappa shape index (κ2) is 14.1. The van der Waals surface area contributed by atoms with Crippen molar-refractivity contribution in [3.8, 4) is 11.5 Å². The lowest BCUT2D eigenvalue weighted by molar-refractivity contribution is -0.134. The van der Waals surface area contributed by atoms with Gasteiger partial charge in [0.15, 0.2) is 11.5 Å². The van der Waals surface area contributed by atoms with Gasteiger partial charge in [-0.15, -0.1) is 0 Å². The van der Waals surface area contributed by atoms with E-state index in [-0.39, 0.29) is 12.2 Å². The first-order valence-electron chi connectivity index (χ1n) is 13.0. The highest BCUT2D eigenvalue weighted by molar-refractivity contribution is 5.89. The molecule has 8 nitrogen and oxygen atoms in total. The molecule has 5 rings (SSSR count). The first-order valence-corrected chi connectivity index (χ1v) is 13.0. The van der Waals surface area contributed by atoms with Gasteiger partial charge >= 0.3 is 11.9 Å². The maximum absolute atomic E-state index is 9.55. The highest BCUT2D eigenvalue weighted by atomic mass is 16.7. The third-order valence-corrected chi connectivity index (χ3v) is 6.52. The van der Waals surface area contributed by atoms with E-state index in [1.165, 1.54) is 23.1 Å². The van der Waals surface area contributed by atoms with Crippen LogP contribution in [0.5, 0.6) is 11.5 Å². The number of hydrogen-bond donors (Lipinski definition) is 2. The van der Waals surface area contributed by atoms with Crippen LogP contribution in [0.3, 0.4) is 0 Å². The summed E-state index contributed by atoms with van der Waals surface area (Å²) in [5.74, 6) is -0.797. The summed E-state index contributed by atoms with van der Waals surface area (Å²) in [6, 6.07) is 27.4. The smallest absolute Gasteiger partial charge is 0.328 e. The molecule has 0 saturated carbocycles. The predicted molar refractivity (Wildman–Crippen MR) is 146 cm³/mol. The molecule has 1 fully saturated rings. The minimum absolute atomic E-state index is 0.0267. The Hall–Kier alpha value is -4.14. The number of likely N-dealkylation sites (tertiary alicyclic amines) is 1. The van der Waals surface area contributed by atoms with E-state index in [4.69, 9.17) is 24.4 Å². The van der Waals surface area contributed by atoms with Gasteiger partial charge in [0.2, 0.25) is 6.79 Å². The Morgan fingerprint density at radius 3 is 2.13 bits per heavy atom. The molecule has 3 aromatic carbocycles. The van der Waals surface area contributed by atoms with Crippen molar-refractivity contribution in [2.45, 2.75) is 31.5 Å². The molecule has 0 amide bonds. The van der Waals surface area contributed by atoms with Crippen molar-refractivity contribution >= 4 is 11.9 Å². The summed E-state index contributed by atoms with van der Waals surface area (Å²) >= 11 is 0. The van der Waals surface area contributed by atoms with E-state index in [1.54, 1.807) is 0 Å². The Balaban J connectivity index is 0.000000386. The van der Waals surface area contributed by atoms with Crippen molar-refractivity contribution in [2.24, 2.45) is 0 Å². The zero-order chi connectivity index (χ0) is 27.5. The normalized spacial score (nSPS) is 16.6. The summed E-state index contributed by atoms with van der Waals surface area (Å²) < 4.78 is 17.7. The Morgan fingerprint density at radius 2 is 1.51 bits per heavy atom. The largest absolute Gasteiger partial charge is 0.478 e. The minimum atomic E-state index is -1.26. The molecule has 1 unspecified atom stereocenters. The van der Waals surface area contributed by atoms with Gasteiger partial charge in [0.1, 0.15) is 6.10 Å². The van der Waals surface area contributed by atoms with E-state index in [0.717, 1.165) is 44.0 Å². The van der Waals surface area contributed by atoms with Crippen LogP contribution in [0, 0.1) is 0 Å². The van der Waals surface area contributed by atoms with Crippen molar-refractivity contribution in [3.63, 3.8) is 0 Å². The van der Waals surface area contributed by atoms with Crippen LogP contribution in [0.1, 0.15) is 35.6 Å². The number of rotatable bonds is 9. The van der Waals surface area contributed by atoms with Crippen LogP contribution in [0.15, 0.2) is 91.0 Å². The summed E-state index contributed by atoms with van der Waals surface area (Å²) in [4.78, 5) is 21.6. The number of carboxylic acids is 2. The van der Waals surface area contributed by atoms with Crippen LogP contribution in [0.2, 0.25) is 0 Å². The zero-order valence-corrected chi connectivity index (χ0v) is 21.6. The molecule has 1 saturated heterocycles. The quantitative estimate of drug-likeness (QED) is 0.374. The first-order chi connectivity index (χ1) is 19.0. The standard InChI is InChI=1S/C27H29NO3.C4H4O4/c1-3-8-22(9-4-1)27(23-10-5-2-6-11-23)31-24-12-7-16-28(19-24)17-15-21-13-14-25-26(18-21)30-20-29-25;5-3(6)1-2-4(7)8/h1-6,8-11,13-14,18,24,27H,7,12,15-17,19-20H2;1-2H,(H,5,6)(H,7,8). The summed E-state index contributed by atoms with van der Waals surface area (Å²) in [5.41, 5.74) is 3.72. The summed E-state index contributed by atoms with van der Waals surface area (Å²) in [6.07, 6.45) is 4.60. The van der Waals surface area contributed by atoms with E-state index < -0.39 is 11.9 Å². The third kappa shape index (κ3) is 8.70. The zero-order valence-electron chi connectivity index (χ0n) is 21.6. The van der Waals surface area contributed by atoms with Crippen LogP contribution in [-0.4, -0.2) is 59.6 Å². The minimum Gasteiger partial charge on any atom is -0.478 e. The molecular formula is C31H33NO7. The molecule has 0 spiro atoms. The lowest BCUT2D eigenvalue weighted by atomic mass is 10.00. The molecule has 0 bridgehead atoms. The number of nitrogens with zero attached hydrogens (tertiary/aromatic N) is 1. The number of hydrogen-bond acceptors (Lipinski definition) is 6. The van der Waals surface area contributed by atoms with Crippen LogP contribution in [0.25, 0.3) is 0 Å². The van der Waals surface area contributed by atoms with Gasteiger partial charge < -0.3 is 29.3 Å². The summed E-state index contributed by atoms with van der Waals surface area (Å²) in [7, 11) is 0. The summed E-state index contributed by atoms with van der Waals surface area (Å²) in [6.45, 7) is 3.46. The molecule has 2 N–H and O–H groups in total. The number of fused-ring (bicyclic) bond motifs is 1. The van der Waals surface area contributed by atoms with Crippen molar-refractivity contribution in [1.82, 2.24) is 4.90 Å². The fraction of sp³-hybridized carbons (Fsp3) is 0.290. The van der Waals surface area contributed by atoms with Gasteiger partial charge in [-0.25, -0.2) is 9.59 Å². The highest BCUT2D eigenvalue weighted by Gasteiger charge is 2.25. The molecule has 0 radical (unpaired) electrons. The Kier molecular flexibility index (Phi) is 10.1. The van der Waals surface area contributed by atoms with Crippen molar-refractivity contribution < 1.29 is 34.0 Å². The van der Waals surface area contributed by atoms with E-state index in [1.807, 2.05) is 6.07 Å². The first kappa shape index (κ1) is 27.9. The average molecular weight is 532 g/mol. The molecule has 8 heteroatoms. The molecule has 2 aliphatic heterocycles. The number of ether oxygens (including phenoxy) is 3. The number of carboxylic acid groups (broad SMARTS) is 2. The molecule has 1 atom stereocenters.